The van der Waals surface area contributed by atoms with Crippen molar-refractivity contribution in [2.75, 3.05) is 18.6 Å². The van der Waals surface area contributed by atoms with Crippen LogP contribution in [0.1, 0.15) is 22.8 Å². The summed E-state index contributed by atoms with van der Waals surface area (Å²) in [5.74, 6) is 0.564. The first-order valence-electron chi connectivity index (χ1n) is 6.82. The molecule has 0 saturated heterocycles. The predicted octanol–water partition coefficient (Wildman–Crippen LogP) is 3.36. The summed E-state index contributed by atoms with van der Waals surface area (Å²) in [6, 6.07) is 8.77. The molecule has 116 valence electrons. The molecule has 0 atom stereocenters. The maximum atomic E-state index is 11.4. The van der Waals surface area contributed by atoms with Crippen LogP contribution in [0, 0.1) is 0 Å². The Balaban J connectivity index is 2.21. The number of esters is 1. The lowest BCUT2D eigenvalue weighted by Gasteiger charge is -2.22. The Hall–Kier alpha value is -2.08. The summed E-state index contributed by atoms with van der Waals surface area (Å²) in [6.45, 7) is 3.24. The summed E-state index contributed by atoms with van der Waals surface area (Å²) in [5.41, 5.74) is 1.21. The molecule has 0 spiro atoms. The van der Waals surface area contributed by atoms with Crippen molar-refractivity contribution < 1.29 is 14.6 Å². The Morgan fingerprint density at radius 3 is 2.73 bits per heavy atom. The van der Waals surface area contributed by atoms with E-state index in [1.165, 1.54) is 13.3 Å². The van der Waals surface area contributed by atoms with Crippen molar-refractivity contribution in [1.29, 1.82) is 0 Å². The average molecular weight is 365 g/mol. The predicted molar refractivity (Wildman–Crippen MR) is 88.1 cm³/mol. The van der Waals surface area contributed by atoms with E-state index in [-0.39, 0.29) is 5.75 Å². The molecule has 0 aliphatic heterocycles. The quantitative estimate of drug-likeness (QED) is 0.824. The van der Waals surface area contributed by atoms with Gasteiger partial charge in [-0.3, -0.25) is 0 Å². The molecule has 22 heavy (non-hydrogen) atoms. The van der Waals surface area contributed by atoms with E-state index >= 15 is 0 Å². The van der Waals surface area contributed by atoms with Crippen molar-refractivity contribution in [3.63, 3.8) is 0 Å². The van der Waals surface area contributed by atoms with Gasteiger partial charge in [0.15, 0.2) is 0 Å². The van der Waals surface area contributed by atoms with Gasteiger partial charge in [-0.25, -0.2) is 9.78 Å². The number of nitrogens with zero attached hydrogens (tertiary/aromatic N) is 2. The van der Waals surface area contributed by atoms with Crippen LogP contribution >= 0.6 is 15.9 Å². The molecule has 2 rings (SSSR count). The summed E-state index contributed by atoms with van der Waals surface area (Å²) in [6.07, 6.45) is 1.49. The highest BCUT2D eigenvalue weighted by atomic mass is 79.9. The standard InChI is InChI=1S/C16H17BrN2O3/c1-3-19(10-12-8-13(17)5-6-14(12)20)15-7-4-11(9-18-15)16(21)22-2/h4-9,20H,3,10H2,1-2H3. The fourth-order valence-electron chi connectivity index (χ4n) is 2.05. The van der Waals surface area contributed by atoms with Crippen LogP contribution in [0.4, 0.5) is 5.82 Å². The van der Waals surface area contributed by atoms with Crippen LogP contribution in [0.15, 0.2) is 41.0 Å². The summed E-state index contributed by atoms with van der Waals surface area (Å²) >= 11 is 3.40. The van der Waals surface area contributed by atoms with Gasteiger partial charge in [0.1, 0.15) is 11.6 Å². The zero-order valence-electron chi connectivity index (χ0n) is 12.4. The van der Waals surface area contributed by atoms with Crippen molar-refractivity contribution in [2.24, 2.45) is 0 Å². The van der Waals surface area contributed by atoms with Crippen molar-refractivity contribution in [1.82, 2.24) is 4.98 Å². The maximum Gasteiger partial charge on any atom is 0.339 e. The van der Waals surface area contributed by atoms with Crippen LogP contribution in [0.2, 0.25) is 0 Å². The van der Waals surface area contributed by atoms with Gasteiger partial charge in [0.25, 0.3) is 0 Å². The molecule has 5 nitrogen and oxygen atoms in total. The molecule has 0 aliphatic carbocycles. The number of methoxy groups -OCH3 is 1. The minimum Gasteiger partial charge on any atom is -0.508 e. The number of carbonyl (C=O) groups excluding carboxylic acids is 1. The van der Waals surface area contributed by atoms with Crippen LogP contribution in [-0.4, -0.2) is 29.7 Å². The molecule has 0 saturated carbocycles. The Labute approximate surface area is 137 Å². The maximum absolute atomic E-state index is 11.4. The van der Waals surface area contributed by atoms with E-state index in [1.807, 2.05) is 17.9 Å². The molecule has 0 radical (unpaired) electrons. The minimum absolute atomic E-state index is 0.243. The van der Waals surface area contributed by atoms with Crippen molar-refractivity contribution >= 4 is 27.7 Å². The van der Waals surface area contributed by atoms with Gasteiger partial charge in [0, 0.05) is 29.3 Å². The summed E-state index contributed by atoms with van der Waals surface area (Å²) in [4.78, 5) is 17.7. The third kappa shape index (κ3) is 3.76. The van der Waals surface area contributed by atoms with Crippen LogP contribution in [-0.2, 0) is 11.3 Å². The highest BCUT2D eigenvalue weighted by Gasteiger charge is 2.12. The number of phenolic OH excluding ortho intramolecular Hbond substituents is 1. The van der Waals surface area contributed by atoms with E-state index in [1.54, 1.807) is 24.3 Å². The molecule has 1 heterocycles. The molecular weight excluding hydrogens is 348 g/mol. The first-order chi connectivity index (χ1) is 10.5. The lowest BCUT2D eigenvalue weighted by molar-refractivity contribution is 0.0600. The third-order valence-electron chi connectivity index (χ3n) is 3.28. The van der Waals surface area contributed by atoms with Crippen LogP contribution in [0.5, 0.6) is 5.75 Å². The summed E-state index contributed by atoms with van der Waals surface area (Å²) in [5, 5.41) is 9.95. The second kappa shape index (κ2) is 7.26. The molecule has 6 heteroatoms. The topological polar surface area (TPSA) is 62.7 Å². The second-order valence-corrected chi connectivity index (χ2v) is 5.60. The third-order valence-corrected chi connectivity index (χ3v) is 3.77. The van der Waals surface area contributed by atoms with E-state index in [0.29, 0.717) is 12.1 Å². The Kier molecular flexibility index (Phi) is 5.38. The number of aromatic nitrogens is 1. The Morgan fingerprint density at radius 2 is 2.14 bits per heavy atom. The average Bonchev–Trinajstić information content (AvgIpc) is 2.55. The number of anilines is 1. The lowest BCUT2D eigenvalue weighted by Crippen LogP contribution is -2.23. The number of ether oxygens (including phenoxy) is 1. The van der Waals surface area contributed by atoms with Crippen LogP contribution in [0.3, 0.4) is 0 Å². The smallest absolute Gasteiger partial charge is 0.339 e. The number of rotatable bonds is 5. The van der Waals surface area contributed by atoms with E-state index in [9.17, 15) is 9.90 Å². The molecule has 1 aromatic heterocycles. The Morgan fingerprint density at radius 1 is 1.36 bits per heavy atom. The van der Waals surface area contributed by atoms with Crippen molar-refractivity contribution in [2.45, 2.75) is 13.5 Å². The number of phenols is 1. The fourth-order valence-corrected chi connectivity index (χ4v) is 2.46. The molecule has 2 aromatic rings. The van der Waals surface area contributed by atoms with E-state index < -0.39 is 5.97 Å². The monoisotopic (exact) mass is 364 g/mol. The van der Waals surface area contributed by atoms with Gasteiger partial charge in [0.2, 0.25) is 0 Å². The minimum atomic E-state index is -0.410. The van der Waals surface area contributed by atoms with Crippen LogP contribution in [0.25, 0.3) is 0 Å². The molecular formula is C16H17BrN2O3. The number of benzene rings is 1. The molecule has 0 aliphatic rings. The molecule has 0 bridgehead atoms. The van der Waals surface area contributed by atoms with E-state index in [2.05, 4.69) is 25.7 Å². The van der Waals surface area contributed by atoms with Crippen LogP contribution < -0.4 is 4.90 Å². The molecule has 0 amide bonds. The summed E-state index contributed by atoms with van der Waals surface area (Å²) < 4.78 is 5.56. The molecule has 0 fully saturated rings. The zero-order chi connectivity index (χ0) is 16.1. The molecule has 0 unspecified atom stereocenters. The highest BCUT2D eigenvalue weighted by Crippen LogP contribution is 2.25. The molecule has 1 aromatic carbocycles. The number of aromatic hydroxyl groups is 1. The van der Waals surface area contributed by atoms with Gasteiger partial charge in [0.05, 0.1) is 12.7 Å². The normalized spacial score (nSPS) is 10.3. The van der Waals surface area contributed by atoms with Gasteiger partial charge < -0.3 is 14.7 Å². The number of carbonyl (C=O) groups is 1. The van der Waals surface area contributed by atoms with Gasteiger partial charge in [-0.05, 0) is 37.3 Å². The first-order valence-corrected chi connectivity index (χ1v) is 7.61. The number of hydrogen-bond acceptors (Lipinski definition) is 5. The van der Waals surface area contributed by atoms with Crippen molar-refractivity contribution in [3.8, 4) is 5.75 Å². The second-order valence-electron chi connectivity index (χ2n) is 4.68. The van der Waals surface area contributed by atoms with Gasteiger partial charge in [-0.15, -0.1) is 0 Å². The zero-order valence-corrected chi connectivity index (χ0v) is 14.0. The fraction of sp³-hybridized carbons (Fsp3) is 0.250. The Bertz CT molecular complexity index is 659. The van der Waals surface area contributed by atoms with Crippen molar-refractivity contribution in [3.05, 3.63) is 52.1 Å². The molecule has 1 N–H and O–H groups in total. The highest BCUT2D eigenvalue weighted by molar-refractivity contribution is 9.10. The largest absolute Gasteiger partial charge is 0.508 e. The SMILES string of the molecule is CCN(Cc1cc(Br)ccc1O)c1ccc(C(=O)OC)cn1. The van der Waals surface area contributed by atoms with E-state index in [4.69, 9.17) is 0 Å². The summed E-state index contributed by atoms with van der Waals surface area (Å²) in [7, 11) is 1.34. The van der Waals surface area contributed by atoms with E-state index in [0.717, 1.165) is 22.4 Å². The number of hydrogen-bond donors (Lipinski definition) is 1. The number of halogens is 1. The lowest BCUT2D eigenvalue weighted by atomic mass is 10.2. The number of pyridine rings is 1. The first kappa shape index (κ1) is 16.3. The van der Waals surface area contributed by atoms with Gasteiger partial charge in [-0.1, -0.05) is 15.9 Å². The van der Waals surface area contributed by atoms with Gasteiger partial charge in [-0.2, -0.15) is 0 Å². The van der Waals surface area contributed by atoms with Gasteiger partial charge >= 0.3 is 5.97 Å².